The number of allylic oxidation sites excluding steroid dienone is 2. The molecule has 7 nitrogen and oxygen atoms in total. The summed E-state index contributed by atoms with van der Waals surface area (Å²) in [5.41, 5.74) is 3.58. The van der Waals surface area contributed by atoms with E-state index in [0.717, 1.165) is 25.9 Å². The molecule has 0 saturated carbocycles. The number of benzene rings is 2. The number of hydrogen-bond acceptors (Lipinski definition) is 5. The van der Waals surface area contributed by atoms with Crippen LogP contribution in [0, 0.1) is 0 Å². The molecule has 7 heteroatoms. The van der Waals surface area contributed by atoms with Crippen LogP contribution in [0.5, 0.6) is 5.75 Å². The highest BCUT2D eigenvalue weighted by atomic mass is 16.5. The van der Waals surface area contributed by atoms with E-state index in [2.05, 4.69) is 52.8 Å². The zero-order valence-corrected chi connectivity index (χ0v) is 21.6. The van der Waals surface area contributed by atoms with Crippen LogP contribution in [-0.4, -0.2) is 44.3 Å². The monoisotopic (exact) mass is 481 g/mol. The van der Waals surface area contributed by atoms with E-state index in [1.807, 2.05) is 33.6 Å². The Balaban J connectivity index is 0.000000598. The maximum atomic E-state index is 12.6. The average Bonchev–Trinajstić information content (AvgIpc) is 3.31. The van der Waals surface area contributed by atoms with Gasteiger partial charge in [-0.25, -0.2) is 0 Å². The highest BCUT2D eigenvalue weighted by Crippen LogP contribution is 2.33. The smallest absolute Gasteiger partial charge is 0.265 e. The summed E-state index contributed by atoms with van der Waals surface area (Å²) in [6, 6.07) is 13.6. The third kappa shape index (κ3) is 8.28. The van der Waals surface area contributed by atoms with E-state index in [1.54, 1.807) is 25.1 Å². The number of ether oxygens (including phenoxy) is 1. The first-order valence-electron chi connectivity index (χ1n) is 12.2. The van der Waals surface area contributed by atoms with E-state index in [4.69, 9.17) is 9.53 Å². The number of carbonyl (C=O) groups is 3. The molecule has 2 aromatic carbocycles. The van der Waals surface area contributed by atoms with Gasteiger partial charge in [0.1, 0.15) is 6.79 Å². The summed E-state index contributed by atoms with van der Waals surface area (Å²) in [4.78, 5) is 34.6. The van der Waals surface area contributed by atoms with Crippen molar-refractivity contribution in [3.8, 4) is 5.75 Å². The highest BCUT2D eigenvalue weighted by Gasteiger charge is 2.27. The molecule has 2 aromatic rings. The Hall–Kier alpha value is -3.61. The molecular formula is C28H39N3O4. The zero-order valence-electron chi connectivity index (χ0n) is 21.6. The van der Waals surface area contributed by atoms with Gasteiger partial charge in [0.05, 0.1) is 11.3 Å². The minimum absolute atomic E-state index is 0.197. The van der Waals surface area contributed by atoms with Crippen molar-refractivity contribution in [2.45, 2.75) is 53.6 Å². The summed E-state index contributed by atoms with van der Waals surface area (Å²) < 4.78 is 5.64. The number of nitrogens with zero attached hydrogens (tertiary/aromatic N) is 1. The van der Waals surface area contributed by atoms with Crippen LogP contribution in [0.25, 0.3) is 0 Å². The molecule has 1 atom stereocenters. The molecule has 2 heterocycles. The first kappa shape index (κ1) is 29.4. The van der Waals surface area contributed by atoms with Gasteiger partial charge in [0.25, 0.3) is 11.8 Å². The van der Waals surface area contributed by atoms with Crippen LogP contribution < -0.4 is 20.3 Å². The van der Waals surface area contributed by atoms with E-state index < -0.39 is 6.10 Å². The van der Waals surface area contributed by atoms with Crippen molar-refractivity contribution in [2.75, 3.05) is 29.9 Å². The van der Waals surface area contributed by atoms with Gasteiger partial charge in [0.2, 0.25) is 0 Å². The van der Waals surface area contributed by atoms with Crippen LogP contribution >= 0.6 is 0 Å². The molecule has 0 fully saturated rings. The van der Waals surface area contributed by atoms with Crippen LogP contribution in [0.3, 0.4) is 0 Å². The molecule has 2 N–H and O–H groups in total. The van der Waals surface area contributed by atoms with E-state index in [-0.39, 0.29) is 11.8 Å². The zero-order chi connectivity index (χ0) is 26.2. The lowest BCUT2D eigenvalue weighted by molar-refractivity contribution is -0.122. The third-order valence-corrected chi connectivity index (χ3v) is 5.30. The molecule has 0 aromatic heterocycles. The fourth-order valence-electron chi connectivity index (χ4n) is 3.68. The molecule has 35 heavy (non-hydrogen) atoms. The van der Waals surface area contributed by atoms with Gasteiger partial charge in [-0.2, -0.15) is 0 Å². The van der Waals surface area contributed by atoms with Crippen LogP contribution in [0.1, 0.15) is 57.0 Å². The number of fused-ring (bicyclic) bond motifs is 2. The largest absolute Gasteiger partial charge is 0.478 e. The molecule has 0 saturated heterocycles. The number of carbonyl (C=O) groups excluding carboxylic acids is 3. The highest BCUT2D eigenvalue weighted by molar-refractivity contribution is 6.04. The second kappa shape index (κ2) is 16.1. The average molecular weight is 482 g/mol. The summed E-state index contributed by atoms with van der Waals surface area (Å²) in [6.45, 7) is 14.1. The lowest BCUT2D eigenvalue weighted by atomic mass is 10.1. The van der Waals surface area contributed by atoms with Crippen LogP contribution in [0.15, 0.2) is 54.6 Å². The van der Waals surface area contributed by atoms with Gasteiger partial charge in [0, 0.05) is 25.3 Å². The summed E-state index contributed by atoms with van der Waals surface area (Å²) in [7, 11) is 0. The maximum absolute atomic E-state index is 12.6. The quantitative estimate of drug-likeness (QED) is 0.586. The van der Waals surface area contributed by atoms with Gasteiger partial charge in [-0.3, -0.25) is 9.59 Å². The van der Waals surface area contributed by atoms with Crippen LogP contribution in [-0.2, 0) is 16.0 Å². The van der Waals surface area contributed by atoms with Gasteiger partial charge in [0.15, 0.2) is 11.9 Å². The van der Waals surface area contributed by atoms with Crippen molar-refractivity contribution in [2.24, 2.45) is 0 Å². The molecule has 0 aliphatic carbocycles. The van der Waals surface area contributed by atoms with Gasteiger partial charge in [-0.1, -0.05) is 57.2 Å². The summed E-state index contributed by atoms with van der Waals surface area (Å²) in [5, 5.41) is 5.72. The Morgan fingerprint density at radius 1 is 1.20 bits per heavy atom. The molecule has 2 amide bonds. The van der Waals surface area contributed by atoms with Crippen LogP contribution in [0.4, 0.5) is 11.4 Å². The molecule has 2 aliphatic heterocycles. The molecule has 190 valence electrons. The fourth-order valence-corrected chi connectivity index (χ4v) is 3.68. The number of amides is 2. The SMILES string of the molecule is C/C=C\CC.C=O.CC.CC1Oc2c(cccc2C(=O)NCCN2CCc3ccccc32)NC1=O. The first-order chi connectivity index (χ1) is 17.0. The molecule has 0 radical (unpaired) electrons. The van der Waals surface area contributed by atoms with Crippen molar-refractivity contribution >= 4 is 30.0 Å². The van der Waals surface area contributed by atoms with E-state index in [9.17, 15) is 9.59 Å². The molecule has 1 unspecified atom stereocenters. The van der Waals surface area contributed by atoms with Gasteiger partial charge in [-0.15, -0.1) is 0 Å². The molecular weight excluding hydrogens is 442 g/mol. The Morgan fingerprint density at radius 2 is 1.91 bits per heavy atom. The first-order valence-corrected chi connectivity index (χ1v) is 12.2. The predicted molar refractivity (Wildman–Crippen MR) is 143 cm³/mol. The third-order valence-electron chi connectivity index (χ3n) is 5.30. The van der Waals surface area contributed by atoms with Crippen molar-refractivity contribution < 1.29 is 19.1 Å². The molecule has 2 aliphatic rings. The van der Waals surface area contributed by atoms with Crippen LogP contribution in [0.2, 0.25) is 0 Å². The Kier molecular flexibility index (Phi) is 13.5. The lowest BCUT2D eigenvalue weighted by Crippen LogP contribution is -2.37. The number of nitrogens with one attached hydrogen (secondary N) is 2. The number of anilines is 2. The number of para-hydroxylation sites is 2. The number of hydrogen-bond donors (Lipinski definition) is 2. The second-order valence-electron chi connectivity index (χ2n) is 7.53. The Labute approximate surface area is 209 Å². The Bertz CT molecular complexity index is 974. The normalized spacial score (nSPS) is 14.9. The molecule has 0 bridgehead atoms. The summed E-state index contributed by atoms with van der Waals surface area (Å²) in [5.74, 6) is 0.0315. The molecule has 0 spiro atoms. The van der Waals surface area contributed by atoms with Gasteiger partial charge >= 0.3 is 0 Å². The van der Waals surface area contributed by atoms with E-state index in [1.165, 1.54) is 11.3 Å². The Morgan fingerprint density at radius 3 is 2.57 bits per heavy atom. The number of rotatable bonds is 5. The van der Waals surface area contributed by atoms with Crippen molar-refractivity contribution in [3.05, 3.63) is 65.7 Å². The van der Waals surface area contributed by atoms with Crippen molar-refractivity contribution in [3.63, 3.8) is 0 Å². The molecule has 4 rings (SSSR count). The topological polar surface area (TPSA) is 87.7 Å². The summed E-state index contributed by atoms with van der Waals surface area (Å²) in [6.07, 6.45) is 5.77. The minimum Gasteiger partial charge on any atom is -0.478 e. The van der Waals surface area contributed by atoms with Crippen molar-refractivity contribution in [1.82, 2.24) is 5.32 Å². The summed E-state index contributed by atoms with van der Waals surface area (Å²) >= 11 is 0. The predicted octanol–water partition coefficient (Wildman–Crippen LogP) is 5.01. The second-order valence-corrected chi connectivity index (χ2v) is 7.53. The van der Waals surface area contributed by atoms with E-state index >= 15 is 0 Å². The lowest BCUT2D eigenvalue weighted by Gasteiger charge is -2.25. The van der Waals surface area contributed by atoms with E-state index in [0.29, 0.717) is 23.5 Å². The van der Waals surface area contributed by atoms with Crippen molar-refractivity contribution in [1.29, 1.82) is 0 Å². The maximum Gasteiger partial charge on any atom is 0.265 e. The standard InChI is InChI=1S/C20H21N3O3.C5H10.C2H6.CH2O/c1-13-19(24)22-16-7-4-6-15(18(16)26-13)20(25)21-10-12-23-11-9-14-5-2-3-8-17(14)23;1-3-5-4-2;2*1-2/h2-8,13H,9-12H2,1H3,(H,21,25)(H,22,24);3,5H,4H2,1-2H3;1-2H3;1H2/b;5-3-;;. The van der Waals surface area contributed by atoms with Gasteiger partial charge in [-0.05, 0) is 50.5 Å². The minimum atomic E-state index is -0.613. The fraction of sp³-hybridized carbons (Fsp3) is 0.393. The van der Waals surface area contributed by atoms with Gasteiger partial charge < -0.3 is 25.1 Å².